The van der Waals surface area contributed by atoms with Crippen molar-refractivity contribution < 1.29 is 23.8 Å². The van der Waals surface area contributed by atoms with E-state index in [1.165, 1.54) is 6.08 Å². The molecular formula is C27H34FN3O4. The molecule has 1 aromatic rings. The Bertz CT molecular complexity index is 1050. The Kier molecular flexibility index (Phi) is 7.82. The predicted octanol–water partition coefficient (Wildman–Crippen LogP) is 3.24. The summed E-state index contributed by atoms with van der Waals surface area (Å²) in [5.74, 6) is 0.481. The van der Waals surface area contributed by atoms with Crippen LogP contribution in [0.25, 0.3) is 5.57 Å². The number of rotatable bonds is 2. The number of aliphatic hydroxyl groups is 1. The van der Waals surface area contributed by atoms with E-state index in [-0.39, 0.29) is 29.6 Å². The number of halogens is 1. The van der Waals surface area contributed by atoms with Crippen molar-refractivity contribution in [3.63, 3.8) is 0 Å². The number of aldehydes is 1. The molecule has 0 aromatic carbocycles. The van der Waals surface area contributed by atoms with Crippen molar-refractivity contribution in [2.24, 2.45) is 0 Å². The summed E-state index contributed by atoms with van der Waals surface area (Å²) in [5.41, 5.74) is 2.50. The van der Waals surface area contributed by atoms with Crippen LogP contribution in [0.5, 0.6) is 5.75 Å². The number of aryl methyl sites for hydroxylation is 1. The maximum atomic E-state index is 13.8. The van der Waals surface area contributed by atoms with Gasteiger partial charge in [0.15, 0.2) is 6.29 Å². The van der Waals surface area contributed by atoms with Crippen LogP contribution in [0.1, 0.15) is 50.3 Å². The predicted molar refractivity (Wildman–Crippen MR) is 131 cm³/mol. The molecule has 1 aromatic heterocycles. The summed E-state index contributed by atoms with van der Waals surface area (Å²) in [6, 6.07) is 1.99. The van der Waals surface area contributed by atoms with Gasteiger partial charge in [-0.3, -0.25) is 14.6 Å². The summed E-state index contributed by atoms with van der Waals surface area (Å²) < 4.78 is 20.2. The van der Waals surface area contributed by atoms with Gasteiger partial charge >= 0.3 is 0 Å². The number of amides is 1. The third-order valence-electron chi connectivity index (χ3n) is 7.29. The van der Waals surface area contributed by atoms with Crippen LogP contribution in [0.15, 0.2) is 41.9 Å². The number of hydrogen-bond acceptors (Lipinski definition) is 6. The number of carbonyl (C=O) groups excluding carboxylic acids is 2. The first-order chi connectivity index (χ1) is 16.8. The van der Waals surface area contributed by atoms with Gasteiger partial charge in [-0.1, -0.05) is 12.2 Å². The van der Waals surface area contributed by atoms with E-state index in [9.17, 15) is 14.0 Å². The molecule has 5 rings (SSSR count). The number of ether oxygens (including phenoxy) is 1. The molecule has 4 aliphatic rings. The Morgan fingerprint density at radius 1 is 1.26 bits per heavy atom. The second-order valence-corrected chi connectivity index (χ2v) is 9.85. The number of likely N-dealkylation sites (N-methyl/N-ethyl adjacent to an activating group) is 1. The standard InChI is InChI=1S/C22H23FN2O3.C5H11NO/c1-15(27)25-10-8-22(9-11-25)7-6-17-12-20(24-13-21(17)28-22)16-2-3-18(14-26)19(23)5-4-16;1-6-3-2-5(7)4-6/h2-4,12-14H,5-11H2,1H3;5,7H,2-4H2,1H3. The molecule has 1 N–H and O–H groups in total. The zero-order chi connectivity index (χ0) is 25.0. The monoisotopic (exact) mass is 483 g/mol. The van der Waals surface area contributed by atoms with E-state index >= 15 is 0 Å². The summed E-state index contributed by atoms with van der Waals surface area (Å²) >= 11 is 0. The van der Waals surface area contributed by atoms with E-state index in [4.69, 9.17) is 9.84 Å². The fourth-order valence-corrected chi connectivity index (χ4v) is 5.02. The molecule has 7 nitrogen and oxygen atoms in total. The summed E-state index contributed by atoms with van der Waals surface area (Å²) in [7, 11) is 2.02. The molecule has 188 valence electrons. The molecule has 35 heavy (non-hydrogen) atoms. The van der Waals surface area contributed by atoms with Crippen LogP contribution in [0.2, 0.25) is 0 Å². The maximum absolute atomic E-state index is 13.8. The number of β-amino-alcohol motifs (C(OH)–C–C–N with tert-alkyl or cyclic N) is 1. The van der Waals surface area contributed by atoms with Crippen molar-refractivity contribution in [2.75, 3.05) is 33.2 Å². The molecule has 1 unspecified atom stereocenters. The van der Waals surface area contributed by atoms with Gasteiger partial charge in [-0.2, -0.15) is 0 Å². The average molecular weight is 484 g/mol. The van der Waals surface area contributed by atoms with Crippen molar-refractivity contribution in [1.82, 2.24) is 14.8 Å². The zero-order valence-electron chi connectivity index (χ0n) is 20.5. The summed E-state index contributed by atoms with van der Waals surface area (Å²) in [5, 5.41) is 8.86. The quantitative estimate of drug-likeness (QED) is 0.651. The third kappa shape index (κ3) is 6.05. The molecular weight excluding hydrogens is 449 g/mol. The number of allylic oxidation sites excluding steroid dienone is 6. The number of likely N-dealkylation sites (tertiary alicyclic amines) is 2. The van der Waals surface area contributed by atoms with Gasteiger partial charge in [-0.05, 0) is 49.6 Å². The Hall–Kier alpha value is -2.84. The van der Waals surface area contributed by atoms with Crippen LogP contribution in [0.3, 0.4) is 0 Å². The Labute approximate surface area is 206 Å². The first-order valence-electron chi connectivity index (χ1n) is 12.3. The molecule has 3 aliphatic heterocycles. The summed E-state index contributed by atoms with van der Waals surface area (Å²) in [6.07, 6.45) is 11.7. The molecule has 2 saturated heterocycles. The number of carbonyl (C=O) groups is 2. The van der Waals surface area contributed by atoms with Crippen LogP contribution in [-0.2, 0) is 16.0 Å². The largest absolute Gasteiger partial charge is 0.485 e. The number of aromatic nitrogens is 1. The summed E-state index contributed by atoms with van der Waals surface area (Å²) in [4.78, 5) is 31.0. The SMILES string of the molecule is CC(=O)N1CCC2(CCc3cc(C4=CCC(F)=C(C=O)C=C4)ncc3O2)CC1.CN1CCC(O)C1. The van der Waals surface area contributed by atoms with Gasteiger partial charge < -0.3 is 19.6 Å². The van der Waals surface area contributed by atoms with Crippen molar-refractivity contribution in [3.05, 3.63) is 53.1 Å². The fourth-order valence-electron chi connectivity index (χ4n) is 5.02. The van der Waals surface area contributed by atoms with Crippen molar-refractivity contribution in [3.8, 4) is 5.75 Å². The number of aliphatic hydroxyl groups excluding tert-OH is 1. The fraction of sp³-hybridized carbons (Fsp3) is 0.519. The van der Waals surface area contributed by atoms with Gasteiger partial charge in [0.25, 0.3) is 0 Å². The molecule has 2 fully saturated rings. The molecule has 0 saturated carbocycles. The summed E-state index contributed by atoms with van der Waals surface area (Å²) in [6.45, 7) is 4.98. The second kappa shape index (κ2) is 10.8. The lowest BCUT2D eigenvalue weighted by atomic mass is 9.83. The zero-order valence-corrected chi connectivity index (χ0v) is 20.5. The lowest BCUT2D eigenvalue weighted by Crippen LogP contribution is -2.50. The van der Waals surface area contributed by atoms with Crippen molar-refractivity contribution in [2.45, 2.75) is 57.2 Å². The number of hydrogen-bond donors (Lipinski definition) is 1. The van der Waals surface area contributed by atoms with E-state index in [0.717, 1.165) is 80.9 Å². The Morgan fingerprint density at radius 2 is 2.03 bits per heavy atom. The highest BCUT2D eigenvalue weighted by Gasteiger charge is 2.40. The number of pyridine rings is 1. The van der Waals surface area contributed by atoms with Crippen molar-refractivity contribution >= 4 is 17.8 Å². The minimum atomic E-state index is -0.429. The minimum absolute atomic E-state index is 0.0509. The first kappa shape index (κ1) is 25.3. The Balaban J connectivity index is 0.000000356. The average Bonchev–Trinajstić information content (AvgIpc) is 3.13. The molecule has 1 aliphatic carbocycles. The van der Waals surface area contributed by atoms with Gasteiger partial charge in [0.05, 0.1) is 18.0 Å². The molecule has 0 radical (unpaired) electrons. The Morgan fingerprint density at radius 3 is 2.63 bits per heavy atom. The van der Waals surface area contributed by atoms with Crippen LogP contribution in [0, 0.1) is 0 Å². The van der Waals surface area contributed by atoms with Crippen molar-refractivity contribution in [1.29, 1.82) is 0 Å². The normalized spacial score (nSPS) is 23.6. The second-order valence-electron chi connectivity index (χ2n) is 9.85. The molecule has 1 atom stereocenters. The lowest BCUT2D eigenvalue weighted by molar-refractivity contribution is -0.132. The highest BCUT2D eigenvalue weighted by atomic mass is 19.1. The highest BCUT2D eigenvalue weighted by molar-refractivity contribution is 5.83. The lowest BCUT2D eigenvalue weighted by Gasteiger charge is -2.44. The van der Waals surface area contributed by atoms with Crippen LogP contribution >= 0.6 is 0 Å². The van der Waals surface area contributed by atoms with Gasteiger partial charge in [-0.15, -0.1) is 0 Å². The molecule has 8 heteroatoms. The van der Waals surface area contributed by atoms with Gasteiger partial charge in [0.1, 0.15) is 17.2 Å². The molecule has 1 spiro atoms. The van der Waals surface area contributed by atoms with E-state index in [1.807, 2.05) is 18.0 Å². The van der Waals surface area contributed by atoms with Crippen LogP contribution in [-0.4, -0.2) is 77.0 Å². The first-order valence-corrected chi connectivity index (χ1v) is 12.3. The van der Waals surface area contributed by atoms with E-state index in [0.29, 0.717) is 6.29 Å². The maximum Gasteiger partial charge on any atom is 0.219 e. The van der Waals surface area contributed by atoms with E-state index in [1.54, 1.807) is 25.3 Å². The number of nitrogens with zero attached hydrogens (tertiary/aromatic N) is 3. The van der Waals surface area contributed by atoms with Gasteiger partial charge in [0.2, 0.25) is 5.91 Å². The topological polar surface area (TPSA) is 83.0 Å². The van der Waals surface area contributed by atoms with Gasteiger partial charge in [-0.25, -0.2) is 4.39 Å². The highest BCUT2D eigenvalue weighted by Crippen LogP contribution is 2.40. The molecule has 0 bridgehead atoms. The van der Waals surface area contributed by atoms with Crippen LogP contribution in [0.4, 0.5) is 4.39 Å². The van der Waals surface area contributed by atoms with E-state index < -0.39 is 5.83 Å². The van der Waals surface area contributed by atoms with E-state index in [2.05, 4.69) is 9.88 Å². The molecule has 4 heterocycles. The minimum Gasteiger partial charge on any atom is -0.485 e. The third-order valence-corrected chi connectivity index (χ3v) is 7.29. The van der Waals surface area contributed by atoms with Gasteiger partial charge in [0, 0.05) is 57.9 Å². The number of fused-ring (bicyclic) bond motifs is 1. The smallest absolute Gasteiger partial charge is 0.219 e. The molecule has 1 amide bonds. The van der Waals surface area contributed by atoms with Crippen LogP contribution < -0.4 is 4.74 Å². The number of piperidine rings is 1.